The number of hydrogen-bond acceptors (Lipinski definition) is 4. The van der Waals surface area contributed by atoms with Crippen molar-refractivity contribution >= 4 is 27.5 Å². The van der Waals surface area contributed by atoms with E-state index in [4.69, 9.17) is 5.73 Å². The van der Waals surface area contributed by atoms with Crippen LogP contribution in [0.5, 0.6) is 0 Å². The molecular weight excluding hydrogens is 313 g/mol. The Morgan fingerprint density at radius 2 is 2.09 bits per heavy atom. The lowest BCUT2D eigenvalue weighted by atomic mass is 10.1. The van der Waals surface area contributed by atoms with Crippen molar-refractivity contribution in [3.05, 3.63) is 29.6 Å². The number of primary amides is 1. The van der Waals surface area contributed by atoms with E-state index in [-0.39, 0.29) is 11.3 Å². The first-order chi connectivity index (χ1) is 10.2. The molecule has 0 radical (unpaired) electrons. The molecule has 0 unspecified atom stereocenters. The molecule has 0 bridgehead atoms. The minimum atomic E-state index is -3.67. The summed E-state index contributed by atoms with van der Waals surface area (Å²) >= 11 is 0. The molecule has 1 atom stereocenters. The molecule has 1 heterocycles. The summed E-state index contributed by atoms with van der Waals surface area (Å²) in [4.78, 5) is 25.1. The molecule has 22 heavy (non-hydrogen) atoms. The maximum Gasteiger partial charge on any atom is 0.254 e. The number of hydrogen-bond donors (Lipinski definition) is 2. The summed E-state index contributed by atoms with van der Waals surface area (Å²) < 4.78 is 38.0. The van der Waals surface area contributed by atoms with E-state index >= 15 is 0 Å². The molecule has 0 saturated carbocycles. The molecule has 0 spiro atoms. The Morgan fingerprint density at radius 1 is 1.41 bits per heavy atom. The van der Waals surface area contributed by atoms with Gasteiger partial charge in [0.05, 0.1) is 11.9 Å². The fraction of sp³-hybridized carbons (Fsp3) is 0.385. The third-order valence-electron chi connectivity index (χ3n) is 3.35. The standard InChI is InChI=1S/C13H16FN3O4S/c1-22(20,21)16-10-7-8(4-5-9(10)14)13(19)17-6-2-3-11(17)12(15)18/h4-5,7,11,16H,2-3,6H2,1H3,(H2,15,18)/t11-/m1/s1. The van der Waals surface area contributed by atoms with Gasteiger partial charge in [0.1, 0.15) is 11.9 Å². The highest BCUT2D eigenvalue weighted by atomic mass is 32.2. The summed E-state index contributed by atoms with van der Waals surface area (Å²) in [5.74, 6) is -1.88. The van der Waals surface area contributed by atoms with Gasteiger partial charge in [-0.3, -0.25) is 14.3 Å². The van der Waals surface area contributed by atoms with Crippen molar-refractivity contribution in [2.24, 2.45) is 5.73 Å². The van der Waals surface area contributed by atoms with Crippen LogP contribution in [-0.4, -0.2) is 44.0 Å². The Morgan fingerprint density at radius 3 is 2.68 bits per heavy atom. The van der Waals surface area contributed by atoms with Gasteiger partial charge in [0, 0.05) is 12.1 Å². The second-order valence-corrected chi connectivity index (χ2v) is 6.88. The Balaban J connectivity index is 2.31. The number of sulfonamides is 1. The predicted molar refractivity (Wildman–Crippen MR) is 78.1 cm³/mol. The summed E-state index contributed by atoms with van der Waals surface area (Å²) in [6, 6.07) is 2.65. The van der Waals surface area contributed by atoms with Crippen molar-refractivity contribution in [1.82, 2.24) is 4.90 Å². The molecule has 3 N–H and O–H groups in total. The highest BCUT2D eigenvalue weighted by Gasteiger charge is 2.33. The van der Waals surface area contributed by atoms with E-state index in [9.17, 15) is 22.4 Å². The topological polar surface area (TPSA) is 110 Å². The molecule has 120 valence electrons. The molecule has 2 amide bonds. The van der Waals surface area contributed by atoms with Gasteiger partial charge in [0.2, 0.25) is 15.9 Å². The molecule has 0 aliphatic carbocycles. The zero-order valence-electron chi connectivity index (χ0n) is 11.9. The zero-order valence-corrected chi connectivity index (χ0v) is 12.7. The van der Waals surface area contributed by atoms with Crippen molar-refractivity contribution in [2.75, 3.05) is 17.5 Å². The van der Waals surface area contributed by atoms with Crippen LogP contribution in [0, 0.1) is 5.82 Å². The third-order valence-corrected chi connectivity index (χ3v) is 3.94. The van der Waals surface area contributed by atoms with Crippen LogP contribution in [0.15, 0.2) is 18.2 Å². The molecule has 1 aliphatic heterocycles. The lowest BCUT2D eigenvalue weighted by molar-refractivity contribution is -0.121. The molecule has 1 aliphatic rings. The number of nitrogens with two attached hydrogens (primary N) is 1. The molecule has 1 fully saturated rings. The monoisotopic (exact) mass is 329 g/mol. The summed E-state index contributed by atoms with van der Waals surface area (Å²) in [6.45, 7) is 0.374. The first kappa shape index (κ1) is 16.2. The molecule has 1 aromatic carbocycles. The van der Waals surface area contributed by atoms with Crippen molar-refractivity contribution < 1.29 is 22.4 Å². The van der Waals surface area contributed by atoms with Gasteiger partial charge in [0.25, 0.3) is 5.91 Å². The molecular formula is C13H16FN3O4S. The minimum absolute atomic E-state index is 0.0840. The summed E-state index contributed by atoms with van der Waals surface area (Å²) in [7, 11) is -3.67. The number of benzene rings is 1. The molecule has 7 nitrogen and oxygen atoms in total. The first-order valence-electron chi connectivity index (χ1n) is 6.56. The molecule has 0 aromatic heterocycles. The second-order valence-electron chi connectivity index (χ2n) is 5.13. The summed E-state index contributed by atoms with van der Waals surface area (Å²) in [6.07, 6.45) is 2.01. The third kappa shape index (κ3) is 3.53. The number of anilines is 1. The van der Waals surface area contributed by atoms with Crippen LogP contribution in [0.1, 0.15) is 23.2 Å². The van der Waals surface area contributed by atoms with Crippen molar-refractivity contribution in [1.29, 1.82) is 0 Å². The van der Waals surface area contributed by atoms with Crippen LogP contribution in [0.25, 0.3) is 0 Å². The van der Waals surface area contributed by atoms with Crippen molar-refractivity contribution in [3.8, 4) is 0 Å². The Kier molecular flexibility index (Phi) is 4.36. The smallest absolute Gasteiger partial charge is 0.254 e. The van der Waals surface area contributed by atoms with Gasteiger partial charge >= 0.3 is 0 Å². The van der Waals surface area contributed by atoms with Crippen molar-refractivity contribution in [3.63, 3.8) is 0 Å². The first-order valence-corrected chi connectivity index (χ1v) is 8.46. The Labute approximate surface area is 127 Å². The predicted octanol–water partition coefficient (Wildman–Crippen LogP) is 0.287. The number of nitrogens with zero attached hydrogens (tertiary/aromatic N) is 1. The van der Waals surface area contributed by atoms with Gasteiger partial charge < -0.3 is 10.6 Å². The molecule has 1 saturated heterocycles. The highest BCUT2D eigenvalue weighted by molar-refractivity contribution is 7.92. The summed E-state index contributed by atoms with van der Waals surface area (Å²) in [5, 5.41) is 0. The van der Waals surface area contributed by atoms with Crippen LogP contribution in [0.2, 0.25) is 0 Å². The Hall–Kier alpha value is -2.16. The van der Waals surface area contributed by atoms with Crippen LogP contribution >= 0.6 is 0 Å². The quantitative estimate of drug-likeness (QED) is 0.827. The fourth-order valence-corrected chi connectivity index (χ4v) is 2.96. The number of likely N-dealkylation sites (tertiary alicyclic amines) is 1. The van der Waals surface area contributed by atoms with Gasteiger partial charge in [-0.2, -0.15) is 0 Å². The van der Waals surface area contributed by atoms with Crippen LogP contribution in [0.3, 0.4) is 0 Å². The Bertz CT molecular complexity index is 720. The minimum Gasteiger partial charge on any atom is -0.368 e. The van der Waals surface area contributed by atoms with E-state index in [1.807, 2.05) is 4.72 Å². The van der Waals surface area contributed by atoms with Gasteiger partial charge in [-0.15, -0.1) is 0 Å². The van der Waals surface area contributed by atoms with Gasteiger partial charge in [-0.25, -0.2) is 12.8 Å². The number of carbonyl (C=O) groups excluding carboxylic acids is 2. The number of rotatable bonds is 4. The lowest BCUT2D eigenvalue weighted by Gasteiger charge is -2.22. The van der Waals surface area contributed by atoms with E-state index in [1.54, 1.807) is 0 Å². The normalized spacial score (nSPS) is 18.3. The van der Waals surface area contributed by atoms with E-state index < -0.39 is 33.7 Å². The van der Waals surface area contributed by atoms with E-state index in [2.05, 4.69) is 0 Å². The largest absolute Gasteiger partial charge is 0.368 e. The fourth-order valence-electron chi connectivity index (χ4n) is 2.41. The maximum atomic E-state index is 13.6. The van der Waals surface area contributed by atoms with Crippen LogP contribution in [-0.2, 0) is 14.8 Å². The zero-order chi connectivity index (χ0) is 16.5. The average Bonchev–Trinajstić information content (AvgIpc) is 2.88. The number of amides is 2. The average molecular weight is 329 g/mol. The van der Waals surface area contributed by atoms with Crippen LogP contribution < -0.4 is 10.5 Å². The van der Waals surface area contributed by atoms with Gasteiger partial charge in [-0.1, -0.05) is 0 Å². The van der Waals surface area contributed by atoms with E-state index in [1.165, 1.54) is 11.0 Å². The van der Waals surface area contributed by atoms with Crippen LogP contribution in [0.4, 0.5) is 10.1 Å². The highest BCUT2D eigenvalue weighted by Crippen LogP contribution is 2.23. The van der Waals surface area contributed by atoms with E-state index in [0.717, 1.165) is 18.4 Å². The number of carbonyl (C=O) groups is 2. The van der Waals surface area contributed by atoms with Crippen molar-refractivity contribution in [2.45, 2.75) is 18.9 Å². The number of halogens is 1. The van der Waals surface area contributed by atoms with Gasteiger partial charge in [0.15, 0.2) is 0 Å². The lowest BCUT2D eigenvalue weighted by Crippen LogP contribution is -2.43. The SMILES string of the molecule is CS(=O)(=O)Nc1cc(C(=O)N2CCC[C@@H]2C(N)=O)ccc1F. The second kappa shape index (κ2) is 5.91. The van der Waals surface area contributed by atoms with Gasteiger partial charge in [-0.05, 0) is 31.0 Å². The molecule has 1 aromatic rings. The molecule has 9 heteroatoms. The maximum absolute atomic E-state index is 13.6. The number of nitrogens with one attached hydrogen (secondary N) is 1. The van der Waals surface area contributed by atoms with E-state index in [0.29, 0.717) is 19.4 Å². The molecule has 2 rings (SSSR count). The summed E-state index contributed by atoms with van der Waals surface area (Å²) in [5.41, 5.74) is 5.02.